The van der Waals surface area contributed by atoms with Gasteiger partial charge in [-0.3, -0.25) is 4.79 Å². The lowest BCUT2D eigenvalue weighted by molar-refractivity contribution is 0.0951. The smallest absolute Gasteiger partial charge is 0.253 e. The molecule has 2 rings (SSSR count). The van der Waals surface area contributed by atoms with Crippen LogP contribution in [0.1, 0.15) is 15.9 Å². The first-order chi connectivity index (χ1) is 8.16. The summed E-state index contributed by atoms with van der Waals surface area (Å²) >= 11 is 7.46. The van der Waals surface area contributed by atoms with Crippen LogP contribution >= 0.6 is 22.9 Å². The number of carbonyl (C=O) groups excluding carboxylic acids is 1. The van der Waals surface area contributed by atoms with Gasteiger partial charge in [-0.05, 0) is 28.5 Å². The minimum absolute atomic E-state index is 0.254. The van der Waals surface area contributed by atoms with Crippen molar-refractivity contribution in [2.75, 3.05) is 5.73 Å². The van der Waals surface area contributed by atoms with Gasteiger partial charge in [0.15, 0.2) is 0 Å². The molecule has 2 heterocycles. The van der Waals surface area contributed by atoms with Crippen molar-refractivity contribution < 1.29 is 4.79 Å². The van der Waals surface area contributed by atoms with Gasteiger partial charge >= 0.3 is 0 Å². The molecule has 3 N–H and O–H groups in total. The fraction of sp³-hybridized carbons (Fsp3) is 0.0909. The lowest BCUT2D eigenvalue weighted by Crippen LogP contribution is -2.23. The number of hydrogen-bond acceptors (Lipinski definition) is 4. The summed E-state index contributed by atoms with van der Waals surface area (Å²) in [6, 6.07) is 3.42. The van der Waals surface area contributed by atoms with E-state index in [0.717, 1.165) is 5.56 Å². The Bertz CT molecular complexity index is 528. The number of rotatable bonds is 3. The Morgan fingerprint density at radius 3 is 3.12 bits per heavy atom. The van der Waals surface area contributed by atoms with E-state index in [-0.39, 0.29) is 11.7 Å². The molecule has 4 nitrogen and oxygen atoms in total. The van der Waals surface area contributed by atoms with Crippen molar-refractivity contribution in [2.45, 2.75) is 6.54 Å². The third-order valence-corrected chi connectivity index (χ3v) is 3.19. The van der Waals surface area contributed by atoms with Crippen molar-refractivity contribution in [3.8, 4) is 0 Å². The van der Waals surface area contributed by atoms with Crippen LogP contribution in [0.4, 0.5) is 5.82 Å². The Balaban J connectivity index is 2.07. The van der Waals surface area contributed by atoms with Gasteiger partial charge in [-0.1, -0.05) is 11.6 Å². The molecule has 6 heteroatoms. The molecule has 0 saturated carbocycles. The maximum absolute atomic E-state index is 11.8. The van der Waals surface area contributed by atoms with E-state index in [4.69, 9.17) is 17.3 Å². The molecule has 0 radical (unpaired) electrons. The topological polar surface area (TPSA) is 68.0 Å². The van der Waals surface area contributed by atoms with Gasteiger partial charge < -0.3 is 11.1 Å². The first-order valence-electron chi connectivity index (χ1n) is 4.87. The first-order valence-corrected chi connectivity index (χ1v) is 6.19. The molecule has 0 atom stereocenters. The summed E-state index contributed by atoms with van der Waals surface area (Å²) in [6.45, 7) is 0.473. The second kappa shape index (κ2) is 5.16. The molecule has 2 aromatic rings. The SMILES string of the molecule is Nc1cc(C(=O)NCc2ccsc2)c(Cl)cn1. The quantitative estimate of drug-likeness (QED) is 0.897. The van der Waals surface area contributed by atoms with Crippen molar-refractivity contribution in [1.29, 1.82) is 0 Å². The number of thiophene rings is 1. The molecule has 17 heavy (non-hydrogen) atoms. The number of nitrogens with two attached hydrogens (primary N) is 1. The van der Waals surface area contributed by atoms with Crippen LogP contribution in [0.3, 0.4) is 0 Å². The van der Waals surface area contributed by atoms with Crippen LogP contribution in [0.15, 0.2) is 29.1 Å². The summed E-state index contributed by atoms with van der Waals surface area (Å²) in [7, 11) is 0. The highest BCUT2D eigenvalue weighted by molar-refractivity contribution is 7.07. The molecule has 0 aliphatic heterocycles. The second-order valence-electron chi connectivity index (χ2n) is 3.40. The van der Waals surface area contributed by atoms with Crippen LogP contribution in [0.5, 0.6) is 0 Å². The highest BCUT2D eigenvalue weighted by Crippen LogP contribution is 2.16. The number of aromatic nitrogens is 1. The highest BCUT2D eigenvalue weighted by atomic mass is 35.5. The third kappa shape index (κ3) is 2.95. The van der Waals surface area contributed by atoms with Gasteiger partial charge in [-0.2, -0.15) is 11.3 Å². The molecule has 0 bridgehead atoms. The summed E-state index contributed by atoms with van der Waals surface area (Å²) in [5.74, 6) is 0.0189. The molecule has 0 aliphatic carbocycles. The Labute approximate surface area is 107 Å². The van der Waals surface area contributed by atoms with Crippen LogP contribution in [-0.4, -0.2) is 10.9 Å². The zero-order valence-corrected chi connectivity index (χ0v) is 10.4. The van der Waals surface area contributed by atoms with E-state index in [2.05, 4.69) is 10.3 Å². The molecular weight excluding hydrogens is 258 g/mol. The number of hydrogen-bond donors (Lipinski definition) is 2. The third-order valence-electron chi connectivity index (χ3n) is 2.15. The number of halogens is 1. The normalized spacial score (nSPS) is 10.2. The molecule has 2 aromatic heterocycles. The Morgan fingerprint density at radius 2 is 2.41 bits per heavy atom. The minimum Gasteiger partial charge on any atom is -0.384 e. The Kier molecular flexibility index (Phi) is 3.61. The molecule has 0 aromatic carbocycles. The van der Waals surface area contributed by atoms with E-state index in [1.54, 1.807) is 11.3 Å². The molecule has 0 aliphatic rings. The van der Waals surface area contributed by atoms with E-state index in [0.29, 0.717) is 17.1 Å². The maximum Gasteiger partial charge on any atom is 0.253 e. The number of nitrogen functional groups attached to an aromatic ring is 1. The number of anilines is 1. The second-order valence-corrected chi connectivity index (χ2v) is 4.59. The van der Waals surface area contributed by atoms with Gasteiger partial charge in [0.2, 0.25) is 0 Å². The van der Waals surface area contributed by atoms with E-state index in [1.807, 2.05) is 16.8 Å². The average molecular weight is 268 g/mol. The van der Waals surface area contributed by atoms with Crippen molar-refractivity contribution in [2.24, 2.45) is 0 Å². The molecule has 1 amide bonds. The molecule has 0 saturated heterocycles. The molecule has 0 spiro atoms. The van der Waals surface area contributed by atoms with Gasteiger partial charge in [-0.25, -0.2) is 4.98 Å². The summed E-state index contributed by atoms with van der Waals surface area (Å²) in [6.07, 6.45) is 1.37. The monoisotopic (exact) mass is 267 g/mol. The fourth-order valence-electron chi connectivity index (χ4n) is 1.30. The van der Waals surface area contributed by atoms with Gasteiger partial charge in [0.05, 0.1) is 10.6 Å². The highest BCUT2D eigenvalue weighted by Gasteiger charge is 2.11. The zero-order valence-electron chi connectivity index (χ0n) is 8.81. The maximum atomic E-state index is 11.8. The zero-order chi connectivity index (χ0) is 12.3. The van der Waals surface area contributed by atoms with Gasteiger partial charge in [0.25, 0.3) is 5.91 Å². The molecule has 0 fully saturated rings. The number of carbonyl (C=O) groups is 1. The summed E-state index contributed by atoms with van der Waals surface area (Å²) < 4.78 is 0. The van der Waals surface area contributed by atoms with Gasteiger partial charge in [0, 0.05) is 12.7 Å². The summed E-state index contributed by atoms with van der Waals surface area (Å²) in [5.41, 5.74) is 6.91. The standard InChI is InChI=1S/C11H10ClN3OS/c12-9-5-14-10(13)3-8(9)11(16)15-4-7-1-2-17-6-7/h1-3,5-6H,4H2,(H2,13,14)(H,15,16). The average Bonchev–Trinajstić information content (AvgIpc) is 2.82. The van der Waals surface area contributed by atoms with Crippen LogP contribution in [-0.2, 0) is 6.54 Å². The molecule has 0 unspecified atom stereocenters. The van der Waals surface area contributed by atoms with E-state index < -0.39 is 0 Å². The predicted octanol–water partition coefficient (Wildman–Crippen LogP) is 2.31. The van der Waals surface area contributed by atoms with Crippen LogP contribution < -0.4 is 11.1 Å². The van der Waals surface area contributed by atoms with E-state index >= 15 is 0 Å². The number of nitrogens with zero attached hydrogens (tertiary/aromatic N) is 1. The lowest BCUT2D eigenvalue weighted by atomic mass is 10.2. The Morgan fingerprint density at radius 1 is 1.59 bits per heavy atom. The van der Waals surface area contributed by atoms with Crippen molar-refractivity contribution >= 4 is 34.7 Å². The minimum atomic E-state index is -0.254. The van der Waals surface area contributed by atoms with Gasteiger partial charge in [-0.15, -0.1) is 0 Å². The Hall–Kier alpha value is -1.59. The van der Waals surface area contributed by atoms with Crippen LogP contribution in [0.2, 0.25) is 5.02 Å². The predicted molar refractivity (Wildman–Crippen MR) is 69.1 cm³/mol. The number of nitrogens with one attached hydrogen (secondary N) is 1. The summed E-state index contributed by atoms with van der Waals surface area (Å²) in [4.78, 5) is 15.6. The number of pyridine rings is 1. The van der Waals surface area contributed by atoms with Crippen LogP contribution in [0, 0.1) is 0 Å². The summed E-state index contributed by atoms with van der Waals surface area (Å²) in [5, 5.41) is 7.00. The van der Waals surface area contributed by atoms with Crippen molar-refractivity contribution in [3.63, 3.8) is 0 Å². The molecule has 88 valence electrons. The van der Waals surface area contributed by atoms with Crippen LogP contribution in [0.25, 0.3) is 0 Å². The number of amides is 1. The van der Waals surface area contributed by atoms with Crippen molar-refractivity contribution in [3.05, 3.63) is 45.2 Å². The largest absolute Gasteiger partial charge is 0.384 e. The first kappa shape index (κ1) is 11.9. The van der Waals surface area contributed by atoms with E-state index in [9.17, 15) is 4.79 Å². The van der Waals surface area contributed by atoms with Crippen molar-refractivity contribution in [1.82, 2.24) is 10.3 Å². The fourth-order valence-corrected chi connectivity index (χ4v) is 2.16. The molecular formula is C11H10ClN3OS. The van der Waals surface area contributed by atoms with E-state index in [1.165, 1.54) is 12.3 Å². The van der Waals surface area contributed by atoms with Gasteiger partial charge in [0.1, 0.15) is 5.82 Å². The lowest BCUT2D eigenvalue weighted by Gasteiger charge is -2.06.